The highest BCUT2D eigenvalue weighted by atomic mass is 32.2. The van der Waals surface area contributed by atoms with Crippen LogP contribution in [0.1, 0.15) is 13.8 Å². The monoisotopic (exact) mass is 250 g/mol. The lowest BCUT2D eigenvalue weighted by Gasteiger charge is -2.37. The predicted octanol–water partition coefficient (Wildman–Crippen LogP) is 2.92. The third-order valence-corrected chi connectivity index (χ3v) is 4.55. The first kappa shape index (κ1) is 12.8. The van der Waals surface area contributed by atoms with Gasteiger partial charge in [-0.3, -0.25) is 4.90 Å². The van der Waals surface area contributed by atoms with Gasteiger partial charge in [0.25, 0.3) is 0 Å². The van der Waals surface area contributed by atoms with Crippen molar-refractivity contribution < 1.29 is 0 Å². The lowest BCUT2D eigenvalue weighted by Crippen LogP contribution is -2.48. The van der Waals surface area contributed by atoms with Gasteiger partial charge in [0.15, 0.2) is 0 Å². The molecule has 1 heterocycles. The third-order valence-electron chi connectivity index (χ3n) is 3.36. The molecule has 3 heteroatoms. The van der Waals surface area contributed by atoms with Gasteiger partial charge >= 0.3 is 0 Å². The van der Waals surface area contributed by atoms with Crippen molar-refractivity contribution in [2.24, 2.45) is 0 Å². The Hall–Kier alpha value is -0.670. The molecule has 0 saturated carbocycles. The smallest absolute Gasteiger partial charge is 0.0340 e. The Morgan fingerprint density at radius 2 is 2.18 bits per heavy atom. The molecule has 0 bridgehead atoms. The molecule has 0 spiro atoms. The van der Waals surface area contributed by atoms with E-state index in [9.17, 15) is 0 Å². The second kappa shape index (κ2) is 6.31. The molecule has 1 N–H and O–H groups in total. The first-order valence-electron chi connectivity index (χ1n) is 6.40. The molecule has 0 amide bonds. The van der Waals surface area contributed by atoms with E-state index < -0.39 is 0 Å². The lowest BCUT2D eigenvalue weighted by molar-refractivity contribution is 0.180. The van der Waals surface area contributed by atoms with E-state index in [2.05, 4.69) is 66.2 Å². The standard InChI is InChI=1S/C14H22N2S/c1-12(16-8-9-17-11-13(16)2)10-15-14-6-4-3-5-7-14/h3-7,12-13,15H,8-11H2,1-2H3. The number of thioether (sulfide) groups is 1. The molecule has 1 aliphatic heterocycles. The van der Waals surface area contributed by atoms with Crippen LogP contribution in [0.2, 0.25) is 0 Å². The molecular formula is C14H22N2S. The van der Waals surface area contributed by atoms with Crippen LogP contribution in [-0.2, 0) is 0 Å². The van der Waals surface area contributed by atoms with Crippen molar-refractivity contribution in [1.29, 1.82) is 0 Å². The van der Waals surface area contributed by atoms with Crippen molar-refractivity contribution in [3.63, 3.8) is 0 Å². The Morgan fingerprint density at radius 1 is 1.41 bits per heavy atom. The summed E-state index contributed by atoms with van der Waals surface area (Å²) in [5.74, 6) is 2.55. The maximum atomic E-state index is 3.51. The molecule has 1 aliphatic rings. The van der Waals surface area contributed by atoms with Gasteiger partial charge in [0.05, 0.1) is 0 Å². The van der Waals surface area contributed by atoms with E-state index in [1.165, 1.54) is 23.7 Å². The van der Waals surface area contributed by atoms with Crippen LogP contribution >= 0.6 is 11.8 Å². The first-order valence-corrected chi connectivity index (χ1v) is 7.55. The molecule has 2 atom stereocenters. The Balaban J connectivity index is 1.82. The van der Waals surface area contributed by atoms with Gasteiger partial charge in [-0.05, 0) is 26.0 Å². The summed E-state index contributed by atoms with van der Waals surface area (Å²) in [6.07, 6.45) is 0. The van der Waals surface area contributed by atoms with Crippen LogP contribution in [0.15, 0.2) is 30.3 Å². The van der Waals surface area contributed by atoms with Crippen LogP contribution in [0.3, 0.4) is 0 Å². The van der Waals surface area contributed by atoms with Gasteiger partial charge in [0.1, 0.15) is 0 Å². The van der Waals surface area contributed by atoms with Crippen molar-refractivity contribution in [2.75, 3.05) is 29.9 Å². The van der Waals surface area contributed by atoms with Crippen LogP contribution in [-0.4, -0.2) is 41.6 Å². The summed E-state index contributed by atoms with van der Waals surface area (Å²) < 4.78 is 0. The van der Waals surface area contributed by atoms with Crippen molar-refractivity contribution in [3.8, 4) is 0 Å². The summed E-state index contributed by atoms with van der Waals surface area (Å²) in [7, 11) is 0. The molecule has 0 radical (unpaired) electrons. The van der Waals surface area contributed by atoms with Crippen molar-refractivity contribution in [1.82, 2.24) is 4.90 Å². The summed E-state index contributed by atoms with van der Waals surface area (Å²) in [5, 5.41) is 3.51. The van der Waals surface area contributed by atoms with E-state index in [1.54, 1.807) is 0 Å². The number of benzene rings is 1. The number of nitrogens with zero attached hydrogens (tertiary/aromatic N) is 1. The number of rotatable bonds is 4. The number of para-hydroxylation sites is 1. The average Bonchev–Trinajstić information content (AvgIpc) is 2.38. The average molecular weight is 250 g/mol. The number of hydrogen-bond donors (Lipinski definition) is 1. The maximum absolute atomic E-state index is 3.51. The second-order valence-electron chi connectivity index (χ2n) is 4.76. The second-order valence-corrected chi connectivity index (χ2v) is 5.91. The Labute approximate surface area is 109 Å². The number of nitrogens with one attached hydrogen (secondary N) is 1. The van der Waals surface area contributed by atoms with E-state index in [1.807, 2.05) is 0 Å². The molecule has 0 aromatic heterocycles. The van der Waals surface area contributed by atoms with Crippen LogP contribution in [0.5, 0.6) is 0 Å². The summed E-state index contributed by atoms with van der Waals surface area (Å²) >= 11 is 2.08. The zero-order valence-electron chi connectivity index (χ0n) is 10.7. The summed E-state index contributed by atoms with van der Waals surface area (Å²) in [5.41, 5.74) is 1.22. The highest BCUT2D eigenvalue weighted by molar-refractivity contribution is 7.99. The summed E-state index contributed by atoms with van der Waals surface area (Å²) in [6, 6.07) is 11.8. The van der Waals surface area contributed by atoms with E-state index in [4.69, 9.17) is 0 Å². The molecule has 2 nitrogen and oxygen atoms in total. The molecule has 2 unspecified atom stereocenters. The quantitative estimate of drug-likeness (QED) is 0.884. The van der Waals surface area contributed by atoms with E-state index in [0.717, 1.165) is 6.54 Å². The van der Waals surface area contributed by atoms with Crippen LogP contribution in [0.25, 0.3) is 0 Å². The van der Waals surface area contributed by atoms with Crippen molar-refractivity contribution in [2.45, 2.75) is 25.9 Å². The predicted molar refractivity (Wildman–Crippen MR) is 77.9 cm³/mol. The minimum Gasteiger partial charge on any atom is -0.383 e. The number of anilines is 1. The zero-order valence-corrected chi connectivity index (χ0v) is 11.5. The third kappa shape index (κ3) is 3.65. The fraction of sp³-hybridized carbons (Fsp3) is 0.571. The molecule has 1 saturated heterocycles. The van der Waals surface area contributed by atoms with Gasteiger partial charge in [0.2, 0.25) is 0 Å². The molecular weight excluding hydrogens is 228 g/mol. The molecule has 0 aliphatic carbocycles. The Morgan fingerprint density at radius 3 is 2.88 bits per heavy atom. The van der Waals surface area contributed by atoms with E-state index in [-0.39, 0.29) is 0 Å². The SMILES string of the molecule is CC(CNc1ccccc1)N1CCSCC1C. The molecule has 1 aromatic rings. The van der Waals surface area contributed by atoms with Gasteiger partial charge in [-0.15, -0.1) is 0 Å². The molecule has 17 heavy (non-hydrogen) atoms. The van der Waals surface area contributed by atoms with Crippen molar-refractivity contribution in [3.05, 3.63) is 30.3 Å². The molecule has 1 aromatic carbocycles. The van der Waals surface area contributed by atoms with Gasteiger partial charge in [-0.2, -0.15) is 11.8 Å². The van der Waals surface area contributed by atoms with Crippen LogP contribution < -0.4 is 5.32 Å². The van der Waals surface area contributed by atoms with Crippen LogP contribution in [0.4, 0.5) is 5.69 Å². The van der Waals surface area contributed by atoms with Gasteiger partial charge in [-0.25, -0.2) is 0 Å². The highest BCUT2D eigenvalue weighted by Gasteiger charge is 2.22. The normalized spacial score (nSPS) is 23.3. The summed E-state index contributed by atoms with van der Waals surface area (Å²) in [6.45, 7) is 6.91. The van der Waals surface area contributed by atoms with Gasteiger partial charge in [-0.1, -0.05) is 18.2 Å². The Kier molecular flexibility index (Phi) is 4.75. The molecule has 1 fully saturated rings. The minimum absolute atomic E-state index is 0.603. The first-order chi connectivity index (χ1) is 8.27. The topological polar surface area (TPSA) is 15.3 Å². The largest absolute Gasteiger partial charge is 0.383 e. The van der Waals surface area contributed by atoms with Crippen molar-refractivity contribution >= 4 is 17.4 Å². The van der Waals surface area contributed by atoms with Gasteiger partial charge in [0, 0.05) is 42.4 Å². The summed E-state index contributed by atoms with van der Waals surface area (Å²) in [4.78, 5) is 2.62. The van der Waals surface area contributed by atoms with E-state index in [0.29, 0.717) is 12.1 Å². The fourth-order valence-corrected chi connectivity index (χ4v) is 3.37. The molecule has 2 rings (SSSR count). The zero-order chi connectivity index (χ0) is 12.1. The fourth-order valence-electron chi connectivity index (χ4n) is 2.33. The number of hydrogen-bond acceptors (Lipinski definition) is 3. The minimum atomic E-state index is 0.603. The highest BCUT2D eigenvalue weighted by Crippen LogP contribution is 2.18. The van der Waals surface area contributed by atoms with Gasteiger partial charge < -0.3 is 5.32 Å². The Bertz CT molecular complexity index is 328. The van der Waals surface area contributed by atoms with Crippen LogP contribution in [0, 0.1) is 0 Å². The van der Waals surface area contributed by atoms with E-state index >= 15 is 0 Å². The molecule has 94 valence electrons. The lowest BCUT2D eigenvalue weighted by atomic mass is 10.2. The maximum Gasteiger partial charge on any atom is 0.0340 e.